The molecule has 0 spiro atoms. The van der Waals surface area contributed by atoms with Gasteiger partial charge < -0.3 is 15.5 Å². The van der Waals surface area contributed by atoms with Crippen molar-refractivity contribution in [3.8, 4) is 0 Å². The highest BCUT2D eigenvalue weighted by atomic mass is 35.5. The molecule has 0 aromatic carbocycles. The van der Waals surface area contributed by atoms with Gasteiger partial charge in [0.05, 0.1) is 12.2 Å². The summed E-state index contributed by atoms with van der Waals surface area (Å²) in [5, 5.41) is 11.0. The van der Waals surface area contributed by atoms with Crippen molar-refractivity contribution in [2.45, 2.75) is 6.04 Å². The zero-order valence-electron chi connectivity index (χ0n) is 12.6. The first-order valence-corrected chi connectivity index (χ1v) is 6.97. The molecule has 7 nitrogen and oxygen atoms in total. The van der Waals surface area contributed by atoms with Crippen LogP contribution in [0.15, 0.2) is 18.7 Å². The number of nitrogens with one attached hydrogen (secondary N) is 2. The van der Waals surface area contributed by atoms with Crippen LogP contribution in [0.5, 0.6) is 0 Å². The zero-order valence-corrected chi connectivity index (χ0v) is 13.4. The number of aryl methyl sites for hydroxylation is 1. The lowest BCUT2D eigenvalue weighted by molar-refractivity contribution is 0.311. The molecule has 114 valence electrons. The molecule has 0 bridgehead atoms. The molecular formula is C13H20ClN7. The maximum atomic E-state index is 6.05. The summed E-state index contributed by atoms with van der Waals surface area (Å²) < 4.78 is 1.80. The molecule has 2 rings (SSSR count). The van der Waals surface area contributed by atoms with Crippen molar-refractivity contribution in [1.29, 1.82) is 0 Å². The Labute approximate surface area is 129 Å². The highest BCUT2D eigenvalue weighted by Gasteiger charge is 2.17. The van der Waals surface area contributed by atoms with Gasteiger partial charge in [-0.3, -0.25) is 4.68 Å². The number of anilines is 2. The maximum absolute atomic E-state index is 6.05. The largest absolute Gasteiger partial charge is 0.383 e. The minimum Gasteiger partial charge on any atom is -0.383 e. The second-order valence-electron chi connectivity index (χ2n) is 4.95. The van der Waals surface area contributed by atoms with Crippen molar-refractivity contribution >= 4 is 23.1 Å². The summed E-state index contributed by atoms with van der Waals surface area (Å²) in [7, 11) is 7.77. The van der Waals surface area contributed by atoms with Gasteiger partial charge in [0.1, 0.15) is 12.0 Å². The normalized spacial score (nSPS) is 12.5. The average Bonchev–Trinajstić information content (AvgIpc) is 2.85. The van der Waals surface area contributed by atoms with Crippen LogP contribution in [-0.4, -0.2) is 52.3 Å². The summed E-state index contributed by atoms with van der Waals surface area (Å²) in [5.74, 6) is 0.688. The van der Waals surface area contributed by atoms with E-state index in [1.807, 2.05) is 33.5 Å². The Morgan fingerprint density at radius 3 is 2.71 bits per heavy atom. The lowest BCUT2D eigenvalue weighted by Crippen LogP contribution is -2.27. The third kappa shape index (κ3) is 3.62. The molecule has 2 heterocycles. The number of halogens is 1. The second kappa shape index (κ2) is 6.73. The summed E-state index contributed by atoms with van der Waals surface area (Å²) in [5.41, 5.74) is 1.84. The van der Waals surface area contributed by atoms with E-state index < -0.39 is 0 Å². The Morgan fingerprint density at radius 2 is 2.14 bits per heavy atom. The van der Waals surface area contributed by atoms with Crippen molar-refractivity contribution in [1.82, 2.24) is 24.6 Å². The SMILES string of the molecule is CNc1c(Cl)ncnc1NCC(c1cnn(C)c1)N(C)C. The van der Waals surface area contributed by atoms with E-state index >= 15 is 0 Å². The highest BCUT2D eigenvalue weighted by Crippen LogP contribution is 2.26. The first-order valence-electron chi connectivity index (χ1n) is 6.60. The van der Waals surface area contributed by atoms with Crippen molar-refractivity contribution < 1.29 is 0 Å². The molecule has 0 amide bonds. The van der Waals surface area contributed by atoms with Crippen LogP contribution >= 0.6 is 11.6 Å². The average molecular weight is 310 g/mol. The van der Waals surface area contributed by atoms with Gasteiger partial charge in [-0.15, -0.1) is 0 Å². The van der Waals surface area contributed by atoms with Crippen LogP contribution in [0.25, 0.3) is 0 Å². The fourth-order valence-electron chi connectivity index (χ4n) is 2.12. The van der Waals surface area contributed by atoms with E-state index in [1.165, 1.54) is 6.33 Å². The Hall–Kier alpha value is -1.86. The molecule has 0 fully saturated rings. The van der Waals surface area contributed by atoms with Gasteiger partial charge >= 0.3 is 0 Å². The molecule has 1 atom stereocenters. The molecule has 0 saturated carbocycles. The number of likely N-dealkylation sites (N-methyl/N-ethyl adjacent to an activating group) is 1. The smallest absolute Gasteiger partial charge is 0.157 e. The van der Waals surface area contributed by atoms with Gasteiger partial charge in [0.15, 0.2) is 11.0 Å². The molecular weight excluding hydrogens is 290 g/mol. The van der Waals surface area contributed by atoms with Gasteiger partial charge in [0, 0.05) is 32.4 Å². The molecule has 1 unspecified atom stereocenters. The van der Waals surface area contributed by atoms with Crippen LogP contribution in [0.4, 0.5) is 11.5 Å². The van der Waals surface area contributed by atoms with Crippen molar-refractivity contribution in [2.24, 2.45) is 7.05 Å². The van der Waals surface area contributed by atoms with E-state index in [2.05, 4.69) is 30.6 Å². The molecule has 0 saturated heterocycles. The highest BCUT2D eigenvalue weighted by molar-refractivity contribution is 6.32. The van der Waals surface area contributed by atoms with Crippen molar-refractivity contribution in [3.63, 3.8) is 0 Å². The van der Waals surface area contributed by atoms with Gasteiger partial charge in [-0.1, -0.05) is 11.6 Å². The first kappa shape index (κ1) is 15.5. The molecule has 0 radical (unpaired) electrons. The molecule has 0 aliphatic heterocycles. The standard InChI is InChI=1S/C13H20ClN7/c1-15-11-12(14)17-8-18-13(11)16-6-10(20(2)3)9-5-19-21(4)7-9/h5,7-8,10,15H,6H2,1-4H3,(H,16,17,18). The molecule has 0 aliphatic rings. The molecule has 21 heavy (non-hydrogen) atoms. The Kier molecular flexibility index (Phi) is 4.98. The Bertz CT molecular complexity index is 596. The number of aromatic nitrogens is 4. The van der Waals surface area contributed by atoms with E-state index in [1.54, 1.807) is 11.7 Å². The lowest BCUT2D eigenvalue weighted by Gasteiger charge is -2.24. The molecule has 2 aromatic rings. The Balaban J connectivity index is 2.15. The van der Waals surface area contributed by atoms with Crippen LogP contribution in [0.1, 0.15) is 11.6 Å². The molecule has 8 heteroatoms. The van der Waals surface area contributed by atoms with E-state index in [0.717, 1.165) is 5.56 Å². The van der Waals surface area contributed by atoms with Gasteiger partial charge in [0.25, 0.3) is 0 Å². The van der Waals surface area contributed by atoms with E-state index in [4.69, 9.17) is 11.6 Å². The lowest BCUT2D eigenvalue weighted by atomic mass is 10.1. The molecule has 2 aromatic heterocycles. The van der Waals surface area contributed by atoms with Crippen LogP contribution in [0.3, 0.4) is 0 Å². The van der Waals surface area contributed by atoms with E-state index in [9.17, 15) is 0 Å². The van der Waals surface area contributed by atoms with Crippen LogP contribution in [0, 0.1) is 0 Å². The summed E-state index contributed by atoms with van der Waals surface area (Å²) in [6, 6.07) is 0.178. The van der Waals surface area contributed by atoms with Crippen LogP contribution < -0.4 is 10.6 Å². The van der Waals surface area contributed by atoms with Gasteiger partial charge in [-0.25, -0.2) is 9.97 Å². The first-order chi connectivity index (χ1) is 10.0. The summed E-state index contributed by atoms with van der Waals surface area (Å²) >= 11 is 6.05. The third-order valence-corrected chi connectivity index (χ3v) is 3.53. The van der Waals surface area contributed by atoms with Crippen LogP contribution in [-0.2, 0) is 7.05 Å². The fraction of sp³-hybridized carbons (Fsp3) is 0.462. The topological polar surface area (TPSA) is 70.9 Å². The summed E-state index contributed by atoms with van der Waals surface area (Å²) in [6.07, 6.45) is 5.33. The van der Waals surface area contributed by atoms with Crippen molar-refractivity contribution in [3.05, 3.63) is 29.4 Å². The molecule has 2 N–H and O–H groups in total. The Morgan fingerprint density at radius 1 is 1.38 bits per heavy atom. The van der Waals surface area contributed by atoms with Gasteiger partial charge in [-0.05, 0) is 14.1 Å². The number of rotatable bonds is 6. The quantitative estimate of drug-likeness (QED) is 0.790. The van der Waals surface area contributed by atoms with Gasteiger partial charge in [0.2, 0.25) is 0 Å². The zero-order chi connectivity index (χ0) is 15.4. The third-order valence-electron chi connectivity index (χ3n) is 3.25. The van der Waals surface area contributed by atoms with E-state index in [0.29, 0.717) is 23.2 Å². The number of nitrogens with zero attached hydrogens (tertiary/aromatic N) is 5. The summed E-state index contributed by atoms with van der Waals surface area (Å²) in [6.45, 7) is 0.681. The fourth-order valence-corrected chi connectivity index (χ4v) is 2.35. The second-order valence-corrected chi connectivity index (χ2v) is 5.30. The summed E-state index contributed by atoms with van der Waals surface area (Å²) in [4.78, 5) is 10.3. The maximum Gasteiger partial charge on any atom is 0.157 e. The van der Waals surface area contributed by atoms with Crippen LogP contribution in [0.2, 0.25) is 5.15 Å². The van der Waals surface area contributed by atoms with E-state index in [-0.39, 0.29) is 6.04 Å². The minimum atomic E-state index is 0.178. The number of hydrogen-bond acceptors (Lipinski definition) is 6. The van der Waals surface area contributed by atoms with Crippen molar-refractivity contribution in [2.75, 3.05) is 38.3 Å². The predicted octanol–water partition coefficient (Wildman–Crippen LogP) is 1.62. The number of hydrogen-bond donors (Lipinski definition) is 2. The monoisotopic (exact) mass is 309 g/mol. The predicted molar refractivity (Wildman–Crippen MR) is 84.7 cm³/mol. The molecule has 0 aliphatic carbocycles. The van der Waals surface area contributed by atoms with Gasteiger partial charge in [-0.2, -0.15) is 5.10 Å². The minimum absolute atomic E-state index is 0.178.